The maximum Gasteiger partial charge on any atom is 0.274 e. The lowest BCUT2D eigenvalue weighted by Crippen LogP contribution is -2.35. The van der Waals surface area contributed by atoms with Gasteiger partial charge in [-0.15, -0.1) is 0 Å². The average molecular weight is 291 g/mol. The van der Waals surface area contributed by atoms with E-state index in [1.54, 1.807) is 12.3 Å². The summed E-state index contributed by atoms with van der Waals surface area (Å²) in [7, 11) is 0. The van der Waals surface area contributed by atoms with E-state index in [9.17, 15) is 9.18 Å². The van der Waals surface area contributed by atoms with Gasteiger partial charge in [-0.05, 0) is 37.8 Å². The lowest BCUT2D eigenvalue weighted by Gasteiger charge is -2.22. The number of hydrogen-bond acceptors (Lipinski definition) is 3. The largest absolute Gasteiger partial charge is 0.376 e. The second-order valence-corrected chi connectivity index (χ2v) is 5.38. The van der Waals surface area contributed by atoms with Gasteiger partial charge in [0, 0.05) is 19.3 Å². The molecule has 1 atom stereocenters. The summed E-state index contributed by atoms with van der Waals surface area (Å²) in [6, 6.07) is 3.53. The number of imidazole rings is 1. The first-order chi connectivity index (χ1) is 10.1. The van der Waals surface area contributed by atoms with E-state index < -0.39 is 11.9 Å². The van der Waals surface area contributed by atoms with E-state index in [1.165, 1.54) is 4.40 Å². The maximum atomic E-state index is 14.2. The molecule has 0 radical (unpaired) electrons. The summed E-state index contributed by atoms with van der Waals surface area (Å²) >= 11 is 0. The molecule has 1 N–H and O–H groups in total. The number of nitrogens with zero attached hydrogens (tertiary/aromatic N) is 2. The second-order valence-electron chi connectivity index (χ2n) is 5.38. The van der Waals surface area contributed by atoms with E-state index in [1.807, 2.05) is 13.0 Å². The van der Waals surface area contributed by atoms with Gasteiger partial charge in [-0.25, -0.2) is 4.98 Å². The Bertz CT molecular complexity index is 662. The Morgan fingerprint density at radius 2 is 2.38 bits per heavy atom. The van der Waals surface area contributed by atoms with Crippen molar-refractivity contribution >= 4 is 11.6 Å². The SMILES string of the molecule is Cc1ccc2nc(C(=O)NCC3CCCCO3)c(F)n2c1. The smallest absolute Gasteiger partial charge is 0.274 e. The van der Waals surface area contributed by atoms with Crippen molar-refractivity contribution in [3.05, 3.63) is 35.5 Å². The molecule has 2 aromatic heterocycles. The van der Waals surface area contributed by atoms with Crippen LogP contribution < -0.4 is 5.32 Å². The number of fused-ring (bicyclic) bond motifs is 1. The fraction of sp³-hybridized carbons (Fsp3) is 0.467. The van der Waals surface area contributed by atoms with Gasteiger partial charge in [0.05, 0.1) is 6.10 Å². The molecule has 5 nitrogen and oxygen atoms in total. The molecule has 0 spiro atoms. The van der Waals surface area contributed by atoms with Crippen molar-refractivity contribution in [2.75, 3.05) is 13.2 Å². The third-order valence-corrected chi connectivity index (χ3v) is 3.69. The van der Waals surface area contributed by atoms with Crippen molar-refractivity contribution in [2.24, 2.45) is 0 Å². The van der Waals surface area contributed by atoms with Crippen molar-refractivity contribution in [1.29, 1.82) is 0 Å². The van der Waals surface area contributed by atoms with Crippen LogP contribution in [-0.4, -0.2) is 34.5 Å². The van der Waals surface area contributed by atoms with Gasteiger partial charge in [0.2, 0.25) is 5.95 Å². The molecule has 1 unspecified atom stereocenters. The van der Waals surface area contributed by atoms with Crippen molar-refractivity contribution in [1.82, 2.24) is 14.7 Å². The molecule has 0 aromatic carbocycles. The molecule has 21 heavy (non-hydrogen) atoms. The molecule has 1 saturated heterocycles. The van der Waals surface area contributed by atoms with Crippen LogP contribution in [0.4, 0.5) is 4.39 Å². The summed E-state index contributed by atoms with van der Waals surface area (Å²) in [6.07, 6.45) is 4.73. The Hall–Kier alpha value is -1.95. The van der Waals surface area contributed by atoms with Crippen LogP contribution in [0.15, 0.2) is 18.3 Å². The number of amides is 1. The molecule has 1 amide bonds. The van der Waals surface area contributed by atoms with Gasteiger partial charge in [0.25, 0.3) is 5.91 Å². The molecule has 1 fully saturated rings. The first-order valence-corrected chi connectivity index (χ1v) is 7.19. The second kappa shape index (κ2) is 5.81. The highest BCUT2D eigenvalue weighted by Gasteiger charge is 2.21. The van der Waals surface area contributed by atoms with E-state index >= 15 is 0 Å². The summed E-state index contributed by atoms with van der Waals surface area (Å²) in [6.45, 7) is 2.98. The molecule has 2 aromatic rings. The third kappa shape index (κ3) is 2.90. The standard InChI is InChI=1S/C15H18FN3O2/c1-10-5-6-12-18-13(14(16)19(12)9-10)15(20)17-8-11-4-2-3-7-21-11/h5-6,9,11H,2-4,7-8H2,1H3,(H,17,20). The van der Waals surface area contributed by atoms with E-state index in [-0.39, 0.29) is 11.8 Å². The zero-order valence-corrected chi connectivity index (χ0v) is 11.9. The number of aromatic nitrogens is 2. The third-order valence-electron chi connectivity index (χ3n) is 3.69. The number of pyridine rings is 1. The Morgan fingerprint density at radius 1 is 1.52 bits per heavy atom. The summed E-state index contributed by atoms with van der Waals surface area (Å²) in [5, 5.41) is 2.71. The van der Waals surface area contributed by atoms with Gasteiger partial charge in [-0.3, -0.25) is 9.20 Å². The van der Waals surface area contributed by atoms with E-state index in [0.717, 1.165) is 31.4 Å². The Balaban J connectivity index is 1.73. The molecule has 0 aliphatic carbocycles. The molecule has 0 bridgehead atoms. The van der Waals surface area contributed by atoms with Crippen molar-refractivity contribution in [3.8, 4) is 0 Å². The average Bonchev–Trinajstić information content (AvgIpc) is 2.83. The number of carbonyl (C=O) groups excluding carboxylic acids is 1. The highest BCUT2D eigenvalue weighted by molar-refractivity contribution is 5.93. The van der Waals surface area contributed by atoms with Crippen LogP contribution in [0.25, 0.3) is 5.65 Å². The van der Waals surface area contributed by atoms with Crippen LogP contribution in [0.3, 0.4) is 0 Å². The highest BCUT2D eigenvalue weighted by Crippen LogP contribution is 2.14. The van der Waals surface area contributed by atoms with E-state index in [4.69, 9.17) is 4.74 Å². The minimum atomic E-state index is -0.629. The first kappa shape index (κ1) is 14.0. The lowest BCUT2D eigenvalue weighted by atomic mass is 10.1. The van der Waals surface area contributed by atoms with Crippen LogP contribution >= 0.6 is 0 Å². The number of aryl methyl sites for hydroxylation is 1. The fourth-order valence-electron chi connectivity index (χ4n) is 2.53. The zero-order chi connectivity index (χ0) is 14.8. The van der Waals surface area contributed by atoms with E-state index in [0.29, 0.717) is 12.2 Å². The van der Waals surface area contributed by atoms with Gasteiger partial charge in [0.15, 0.2) is 5.69 Å². The number of hydrogen-bond donors (Lipinski definition) is 1. The predicted octanol–water partition coefficient (Wildman–Crippen LogP) is 2.08. The normalized spacial score (nSPS) is 18.9. The topological polar surface area (TPSA) is 55.6 Å². The van der Waals surface area contributed by atoms with E-state index in [2.05, 4.69) is 10.3 Å². The number of halogens is 1. The van der Waals surface area contributed by atoms with Crippen molar-refractivity contribution < 1.29 is 13.9 Å². The molecule has 112 valence electrons. The van der Waals surface area contributed by atoms with Gasteiger partial charge < -0.3 is 10.1 Å². The van der Waals surface area contributed by atoms with Crippen LogP contribution in [0.2, 0.25) is 0 Å². The first-order valence-electron chi connectivity index (χ1n) is 7.19. The van der Waals surface area contributed by atoms with Crippen molar-refractivity contribution in [2.45, 2.75) is 32.3 Å². The quantitative estimate of drug-likeness (QED) is 0.942. The molecule has 3 rings (SSSR count). The highest BCUT2D eigenvalue weighted by atomic mass is 19.1. The zero-order valence-electron chi connectivity index (χ0n) is 11.9. The summed E-state index contributed by atoms with van der Waals surface area (Å²) < 4.78 is 21.1. The minimum Gasteiger partial charge on any atom is -0.376 e. The predicted molar refractivity (Wildman–Crippen MR) is 75.8 cm³/mol. The minimum absolute atomic E-state index is 0.0186. The molecule has 3 heterocycles. The maximum absolute atomic E-state index is 14.2. The van der Waals surface area contributed by atoms with Crippen LogP contribution in [0, 0.1) is 12.9 Å². The summed E-state index contributed by atoms with van der Waals surface area (Å²) in [5.74, 6) is -1.13. The fourth-order valence-corrected chi connectivity index (χ4v) is 2.53. The molecular weight excluding hydrogens is 273 g/mol. The monoisotopic (exact) mass is 291 g/mol. The molecule has 6 heteroatoms. The molecule has 0 saturated carbocycles. The Kier molecular flexibility index (Phi) is 3.88. The lowest BCUT2D eigenvalue weighted by molar-refractivity contribution is 0.0168. The molecule has 1 aliphatic heterocycles. The van der Waals surface area contributed by atoms with Gasteiger partial charge in [-0.2, -0.15) is 4.39 Å². The van der Waals surface area contributed by atoms with Gasteiger partial charge in [0.1, 0.15) is 5.65 Å². The number of carbonyl (C=O) groups is 1. The molecular formula is C15H18FN3O2. The van der Waals surface area contributed by atoms with Crippen molar-refractivity contribution in [3.63, 3.8) is 0 Å². The number of nitrogens with one attached hydrogen (secondary N) is 1. The summed E-state index contributed by atoms with van der Waals surface area (Å²) in [4.78, 5) is 16.1. The van der Waals surface area contributed by atoms with Crippen LogP contribution in [0.1, 0.15) is 35.3 Å². The van der Waals surface area contributed by atoms with Crippen LogP contribution in [-0.2, 0) is 4.74 Å². The Morgan fingerprint density at radius 3 is 3.14 bits per heavy atom. The Labute approximate surface area is 122 Å². The summed E-state index contributed by atoms with van der Waals surface area (Å²) in [5.41, 5.74) is 1.16. The molecule has 1 aliphatic rings. The van der Waals surface area contributed by atoms with Gasteiger partial charge in [-0.1, -0.05) is 6.07 Å². The van der Waals surface area contributed by atoms with Crippen LogP contribution in [0.5, 0.6) is 0 Å². The number of ether oxygens (including phenoxy) is 1. The number of rotatable bonds is 3. The van der Waals surface area contributed by atoms with Gasteiger partial charge >= 0.3 is 0 Å².